The number of aromatic amines is 1. The maximum atomic E-state index is 14.4. The molecule has 8 nitrogen and oxygen atoms in total. The summed E-state index contributed by atoms with van der Waals surface area (Å²) < 4.78 is 19.7. The molecule has 0 saturated carbocycles. The molecule has 1 saturated heterocycles. The van der Waals surface area contributed by atoms with Gasteiger partial charge in [-0.05, 0) is 0 Å². The van der Waals surface area contributed by atoms with Crippen LogP contribution < -0.4 is 10.6 Å². The van der Waals surface area contributed by atoms with Crippen molar-refractivity contribution in [3.05, 3.63) is 23.4 Å². The van der Waals surface area contributed by atoms with Crippen molar-refractivity contribution in [3.63, 3.8) is 0 Å². The van der Waals surface area contributed by atoms with E-state index in [4.69, 9.17) is 22.1 Å². The van der Waals surface area contributed by atoms with Crippen LogP contribution in [0.25, 0.3) is 22.6 Å². The molecule has 3 N–H and O–H groups in total. The Morgan fingerprint density at radius 1 is 1.25 bits per heavy atom. The highest BCUT2D eigenvalue weighted by Crippen LogP contribution is 2.29. The minimum absolute atomic E-state index is 0.158. The lowest BCUT2D eigenvalue weighted by atomic mass is 10.2. The SMILES string of the molecule is Nc1nc(-c2c[nH]c3ncc(Cl)nc23)nc(N2CCOCC2)c1F. The second kappa shape index (κ2) is 5.84. The molecule has 4 heterocycles. The molecule has 0 aromatic carbocycles. The van der Waals surface area contributed by atoms with Crippen LogP contribution in [0, 0.1) is 5.82 Å². The quantitative estimate of drug-likeness (QED) is 0.724. The van der Waals surface area contributed by atoms with Gasteiger partial charge in [-0.1, -0.05) is 11.6 Å². The van der Waals surface area contributed by atoms with E-state index in [1.165, 1.54) is 6.20 Å². The van der Waals surface area contributed by atoms with E-state index in [-0.39, 0.29) is 22.6 Å². The third-order valence-corrected chi connectivity index (χ3v) is 3.94. The van der Waals surface area contributed by atoms with Gasteiger partial charge in [-0.3, -0.25) is 0 Å². The highest BCUT2D eigenvalue weighted by molar-refractivity contribution is 6.29. The van der Waals surface area contributed by atoms with Crippen LogP contribution in [0.4, 0.5) is 16.0 Å². The lowest BCUT2D eigenvalue weighted by Crippen LogP contribution is -2.37. The van der Waals surface area contributed by atoms with Gasteiger partial charge in [0.05, 0.1) is 25.0 Å². The van der Waals surface area contributed by atoms with Gasteiger partial charge in [-0.2, -0.15) is 4.39 Å². The lowest BCUT2D eigenvalue weighted by Gasteiger charge is -2.28. The van der Waals surface area contributed by atoms with Crippen molar-refractivity contribution in [1.29, 1.82) is 0 Å². The van der Waals surface area contributed by atoms with Gasteiger partial charge in [0, 0.05) is 19.3 Å². The maximum Gasteiger partial charge on any atom is 0.207 e. The van der Waals surface area contributed by atoms with Crippen molar-refractivity contribution < 1.29 is 9.13 Å². The van der Waals surface area contributed by atoms with Crippen LogP contribution in [0.3, 0.4) is 0 Å². The molecule has 1 fully saturated rings. The van der Waals surface area contributed by atoms with E-state index >= 15 is 0 Å². The van der Waals surface area contributed by atoms with Crippen LogP contribution in [0.2, 0.25) is 5.15 Å². The third-order valence-electron chi connectivity index (χ3n) is 3.76. The van der Waals surface area contributed by atoms with Crippen molar-refractivity contribution >= 4 is 34.4 Å². The summed E-state index contributed by atoms with van der Waals surface area (Å²) >= 11 is 5.91. The zero-order valence-electron chi connectivity index (χ0n) is 12.5. The second-order valence-corrected chi connectivity index (χ2v) is 5.65. The molecule has 0 spiro atoms. The fourth-order valence-corrected chi connectivity index (χ4v) is 2.73. The van der Waals surface area contributed by atoms with Gasteiger partial charge in [-0.25, -0.2) is 19.9 Å². The van der Waals surface area contributed by atoms with Gasteiger partial charge < -0.3 is 20.4 Å². The van der Waals surface area contributed by atoms with Gasteiger partial charge in [0.25, 0.3) is 0 Å². The number of hydrogen-bond acceptors (Lipinski definition) is 7. The zero-order valence-corrected chi connectivity index (χ0v) is 13.2. The largest absolute Gasteiger partial charge is 0.381 e. The molecular weight excluding hydrogens is 337 g/mol. The molecule has 0 radical (unpaired) electrons. The van der Waals surface area contributed by atoms with Crippen molar-refractivity contribution in [2.24, 2.45) is 0 Å². The Balaban J connectivity index is 1.85. The van der Waals surface area contributed by atoms with Crippen molar-refractivity contribution in [3.8, 4) is 11.4 Å². The van der Waals surface area contributed by atoms with Gasteiger partial charge in [0.2, 0.25) is 5.82 Å². The molecule has 1 aliphatic rings. The molecule has 3 aromatic heterocycles. The monoisotopic (exact) mass is 349 g/mol. The molecule has 124 valence electrons. The summed E-state index contributed by atoms with van der Waals surface area (Å²) in [6.45, 7) is 2.08. The number of hydrogen-bond donors (Lipinski definition) is 2. The highest BCUT2D eigenvalue weighted by Gasteiger charge is 2.22. The summed E-state index contributed by atoms with van der Waals surface area (Å²) in [4.78, 5) is 21.5. The summed E-state index contributed by atoms with van der Waals surface area (Å²) in [6, 6.07) is 0. The first-order valence-corrected chi connectivity index (χ1v) is 7.67. The Kier molecular flexibility index (Phi) is 3.66. The zero-order chi connectivity index (χ0) is 16.7. The Hall–Kier alpha value is -2.52. The standard InChI is InChI=1S/C14H13ClFN7O/c15-8-6-19-13-10(20-8)7(5-18-13)12-21-11(17)9(16)14(22-12)23-1-3-24-4-2-23/h5-6H,1-4H2,(H,18,19)(H2,17,21,22). The molecule has 0 aliphatic carbocycles. The van der Waals surface area contributed by atoms with Crippen LogP contribution in [-0.4, -0.2) is 51.2 Å². The minimum Gasteiger partial charge on any atom is -0.381 e. The first-order valence-electron chi connectivity index (χ1n) is 7.29. The van der Waals surface area contributed by atoms with Crippen LogP contribution in [0.15, 0.2) is 12.4 Å². The van der Waals surface area contributed by atoms with Crippen LogP contribution in [-0.2, 0) is 4.74 Å². The van der Waals surface area contributed by atoms with Crippen molar-refractivity contribution in [2.45, 2.75) is 0 Å². The van der Waals surface area contributed by atoms with E-state index in [2.05, 4.69) is 24.9 Å². The number of nitrogen functional groups attached to an aromatic ring is 1. The minimum atomic E-state index is -0.635. The van der Waals surface area contributed by atoms with Gasteiger partial charge in [0.1, 0.15) is 10.7 Å². The molecule has 0 bridgehead atoms. The number of nitrogens with two attached hydrogens (primary N) is 1. The van der Waals surface area contributed by atoms with Crippen LogP contribution in [0.5, 0.6) is 0 Å². The molecule has 3 aromatic rings. The lowest BCUT2D eigenvalue weighted by molar-refractivity contribution is 0.122. The summed E-state index contributed by atoms with van der Waals surface area (Å²) in [5.41, 5.74) is 7.35. The fraction of sp³-hybridized carbons (Fsp3) is 0.286. The number of anilines is 2. The molecule has 0 amide bonds. The Morgan fingerprint density at radius 2 is 2.04 bits per heavy atom. The van der Waals surface area contributed by atoms with Crippen molar-refractivity contribution in [1.82, 2.24) is 24.9 Å². The first kappa shape index (κ1) is 15.0. The topological polar surface area (TPSA) is 106 Å². The summed E-state index contributed by atoms with van der Waals surface area (Å²) in [5.74, 6) is -0.432. The maximum absolute atomic E-state index is 14.4. The van der Waals surface area contributed by atoms with E-state index in [1.807, 2.05) is 0 Å². The number of morpholine rings is 1. The second-order valence-electron chi connectivity index (χ2n) is 5.26. The third kappa shape index (κ3) is 2.51. The summed E-state index contributed by atoms with van der Waals surface area (Å²) in [6.07, 6.45) is 3.08. The number of nitrogens with zero attached hydrogens (tertiary/aromatic N) is 5. The molecule has 1 aliphatic heterocycles. The predicted molar refractivity (Wildman–Crippen MR) is 87.3 cm³/mol. The Bertz CT molecular complexity index is 910. The smallest absolute Gasteiger partial charge is 0.207 e. The average molecular weight is 350 g/mol. The van der Waals surface area contributed by atoms with Crippen LogP contribution in [0.1, 0.15) is 0 Å². The number of fused-ring (bicyclic) bond motifs is 1. The van der Waals surface area contributed by atoms with Gasteiger partial charge in [-0.15, -0.1) is 0 Å². The Morgan fingerprint density at radius 3 is 2.83 bits per heavy atom. The van der Waals surface area contributed by atoms with E-state index < -0.39 is 5.82 Å². The predicted octanol–water partition coefficient (Wildman–Crippen LogP) is 1.63. The molecule has 0 unspecified atom stereocenters. The molecule has 0 atom stereocenters. The van der Waals surface area contributed by atoms with Crippen molar-refractivity contribution in [2.75, 3.05) is 36.9 Å². The molecule has 10 heteroatoms. The summed E-state index contributed by atoms with van der Waals surface area (Å²) in [7, 11) is 0. The number of aromatic nitrogens is 5. The normalized spacial score (nSPS) is 15.2. The number of rotatable bonds is 2. The fourth-order valence-electron chi connectivity index (χ4n) is 2.60. The van der Waals surface area contributed by atoms with E-state index in [1.54, 1.807) is 11.1 Å². The first-order chi connectivity index (χ1) is 11.6. The van der Waals surface area contributed by atoms with Crippen LogP contribution >= 0.6 is 11.6 Å². The summed E-state index contributed by atoms with van der Waals surface area (Å²) in [5, 5.41) is 0.242. The number of halogens is 2. The molecular formula is C14H13ClFN7O. The molecule has 4 rings (SSSR count). The Labute approximate surface area is 140 Å². The van der Waals surface area contributed by atoms with E-state index in [0.29, 0.717) is 43.0 Å². The van der Waals surface area contributed by atoms with E-state index in [0.717, 1.165) is 0 Å². The highest BCUT2D eigenvalue weighted by atomic mass is 35.5. The average Bonchev–Trinajstić information content (AvgIpc) is 3.01. The van der Waals surface area contributed by atoms with Gasteiger partial charge >= 0.3 is 0 Å². The van der Waals surface area contributed by atoms with E-state index in [9.17, 15) is 4.39 Å². The van der Waals surface area contributed by atoms with Gasteiger partial charge in [0.15, 0.2) is 23.1 Å². The number of nitrogens with one attached hydrogen (secondary N) is 1. The number of ether oxygens (including phenoxy) is 1. The molecule has 24 heavy (non-hydrogen) atoms. The number of H-pyrrole nitrogens is 1.